The molecule has 102 valence electrons. The Hall–Kier alpha value is -1.68. The number of carbonyl (C=O) groups is 2. The van der Waals surface area contributed by atoms with Crippen molar-refractivity contribution >= 4 is 17.4 Å². The molecule has 1 aliphatic heterocycles. The molecule has 1 aliphatic rings. The molecular formula is C15H20N2O2. The van der Waals surface area contributed by atoms with Crippen molar-refractivity contribution in [1.82, 2.24) is 0 Å². The Morgan fingerprint density at radius 2 is 2.05 bits per heavy atom. The second-order valence-corrected chi connectivity index (χ2v) is 5.51. The first-order chi connectivity index (χ1) is 8.89. The highest BCUT2D eigenvalue weighted by atomic mass is 16.2. The third-order valence-electron chi connectivity index (χ3n) is 3.73. The predicted octanol–water partition coefficient (Wildman–Crippen LogP) is 1.86. The van der Waals surface area contributed by atoms with Crippen molar-refractivity contribution in [3.8, 4) is 0 Å². The summed E-state index contributed by atoms with van der Waals surface area (Å²) in [6.45, 7) is 6.54. The van der Waals surface area contributed by atoms with Gasteiger partial charge in [-0.05, 0) is 57.5 Å². The molecule has 0 radical (unpaired) electrons. The average Bonchev–Trinajstić information content (AvgIpc) is 2.56. The third-order valence-corrected chi connectivity index (χ3v) is 3.73. The number of nitrogens with zero attached hydrogens (tertiary/aromatic N) is 1. The van der Waals surface area contributed by atoms with Crippen molar-refractivity contribution in [1.29, 1.82) is 0 Å². The summed E-state index contributed by atoms with van der Waals surface area (Å²) in [5.41, 5.74) is 7.44. The summed E-state index contributed by atoms with van der Waals surface area (Å²) in [7, 11) is 0. The van der Waals surface area contributed by atoms with Gasteiger partial charge in [0.15, 0.2) is 5.78 Å². The van der Waals surface area contributed by atoms with Crippen LogP contribution >= 0.6 is 0 Å². The van der Waals surface area contributed by atoms with Gasteiger partial charge < -0.3 is 10.6 Å². The molecule has 19 heavy (non-hydrogen) atoms. The molecule has 4 heteroatoms. The van der Waals surface area contributed by atoms with Crippen molar-refractivity contribution in [3.63, 3.8) is 0 Å². The number of hydrogen-bond donors (Lipinski definition) is 1. The van der Waals surface area contributed by atoms with Gasteiger partial charge in [-0.3, -0.25) is 9.59 Å². The van der Waals surface area contributed by atoms with E-state index in [1.807, 2.05) is 26.0 Å². The zero-order valence-corrected chi connectivity index (χ0v) is 11.7. The number of fused-ring (bicyclic) bond motifs is 1. The van der Waals surface area contributed by atoms with Crippen LogP contribution in [0.5, 0.6) is 0 Å². The largest absolute Gasteiger partial charge is 0.330 e. The molecule has 1 aromatic rings. The van der Waals surface area contributed by atoms with Crippen LogP contribution in [0.25, 0.3) is 0 Å². The fourth-order valence-electron chi connectivity index (χ4n) is 2.52. The van der Waals surface area contributed by atoms with Gasteiger partial charge in [0, 0.05) is 17.8 Å². The molecule has 1 amide bonds. The maximum Gasteiger partial charge on any atom is 0.237 e. The van der Waals surface area contributed by atoms with Crippen LogP contribution in [0.2, 0.25) is 0 Å². The number of ketones is 1. The van der Waals surface area contributed by atoms with Gasteiger partial charge in [-0.1, -0.05) is 0 Å². The van der Waals surface area contributed by atoms with E-state index in [9.17, 15) is 9.59 Å². The number of Topliss-reactive ketones (excluding diaryl/α,β-unsaturated/α-hetero) is 1. The van der Waals surface area contributed by atoms with Gasteiger partial charge in [0.05, 0.1) is 5.41 Å². The predicted molar refractivity (Wildman–Crippen MR) is 75.5 cm³/mol. The Kier molecular flexibility index (Phi) is 3.45. The molecule has 1 heterocycles. The van der Waals surface area contributed by atoms with Gasteiger partial charge >= 0.3 is 0 Å². The highest BCUT2D eigenvalue weighted by molar-refractivity contribution is 6.08. The molecule has 0 aromatic heterocycles. The molecule has 0 saturated heterocycles. The number of benzene rings is 1. The zero-order valence-electron chi connectivity index (χ0n) is 11.7. The standard InChI is InChI=1S/C15H20N2O2/c1-10(18)11-5-6-13-12(9-11)15(2,3)14(19)17(13)8-4-7-16/h5-6,9H,4,7-8,16H2,1-3H3. The van der Waals surface area contributed by atoms with Gasteiger partial charge in [0.25, 0.3) is 0 Å². The molecular weight excluding hydrogens is 240 g/mol. The average molecular weight is 260 g/mol. The molecule has 0 aliphatic carbocycles. The summed E-state index contributed by atoms with van der Waals surface area (Å²) >= 11 is 0. The Balaban J connectivity index is 2.48. The first-order valence-electron chi connectivity index (χ1n) is 6.57. The molecule has 0 bridgehead atoms. The lowest BCUT2D eigenvalue weighted by Crippen LogP contribution is -2.37. The monoisotopic (exact) mass is 260 g/mol. The Labute approximate surface area is 113 Å². The van der Waals surface area contributed by atoms with Crippen LogP contribution in [-0.2, 0) is 10.2 Å². The minimum absolute atomic E-state index is 0.0199. The normalized spacial score (nSPS) is 16.6. The van der Waals surface area contributed by atoms with E-state index in [0.29, 0.717) is 18.7 Å². The molecule has 2 rings (SSSR count). The Bertz CT molecular complexity index is 535. The molecule has 0 fully saturated rings. The maximum atomic E-state index is 12.5. The molecule has 0 unspecified atom stereocenters. The number of hydrogen-bond acceptors (Lipinski definition) is 3. The van der Waals surface area contributed by atoms with Crippen LogP contribution in [0.1, 0.15) is 43.1 Å². The van der Waals surface area contributed by atoms with Gasteiger partial charge in [-0.15, -0.1) is 0 Å². The van der Waals surface area contributed by atoms with E-state index >= 15 is 0 Å². The molecule has 2 N–H and O–H groups in total. The van der Waals surface area contributed by atoms with E-state index in [1.54, 1.807) is 11.0 Å². The van der Waals surface area contributed by atoms with Crippen LogP contribution < -0.4 is 10.6 Å². The van der Waals surface area contributed by atoms with E-state index < -0.39 is 5.41 Å². The van der Waals surface area contributed by atoms with Crippen molar-refractivity contribution in [2.45, 2.75) is 32.6 Å². The first-order valence-corrected chi connectivity index (χ1v) is 6.57. The summed E-state index contributed by atoms with van der Waals surface area (Å²) < 4.78 is 0. The third kappa shape index (κ3) is 2.16. The van der Waals surface area contributed by atoms with Crippen molar-refractivity contribution in [2.75, 3.05) is 18.0 Å². The van der Waals surface area contributed by atoms with E-state index in [2.05, 4.69) is 0 Å². The maximum absolute atomic E-state index is 12.5. The van der Waals surface area contributed by atoms with Gasteiger partial charge in [-0.25, -0.2) is 0 Å². The van der Waals surface area contributed by atoms with Gasteiger partial charge in [0.1, 0.15) is 0 Å². The lowest BCUT2D eigenvalue weighted by Gasteiger charge is -2.20. The summed E-state index contributed by atoms with van der Waals surface area (Å²) in [5, 5.41) is 0. The molecule has 0 atom stereocenters. The molecule has 0 spiro atoms. The number of carbonyl (C=O) groups excluding carboxylic acids is 2. The zero-order chi connectivity index (χ0) is 14.2. The van der Waals surface area contributed by atoms with Crippen molar-refractivity contribution < 1.29 is 9.59 Å². The minimum atomic E-state index is -0.574. The highest BCUT2D eigenvalue weighted by Crippen LogP contribution is 2.41. The van der Waals surface area contributed by atoms with Crippen LogP contribution in [0.15, 0.2) is 18.2 Å². The fraction of sp³-hybridized carbons (Fsp3) is 0.467. The van der Waals surface area contributed by atoms with Crippen molar-refractivity contribution in [2.24, 2.45) is 5.73 Å². The summed E-state index contributed by atoms with van der Waals surface area (Å²) in [4.78, 5) is 25.7. The molecule has 4 nitrogen and oxygen atoms in total. The first kappa shape index (κ1) is 13.7. The minimum Gasteiger partial charge on any atom is -0.330 e. The quantitative estimate of drug-likeness (QED) is 0.840. The van der Waals surface area contributed by atoms with Crippen LogP contribution in [0.3, 0.4) is 0 Å². The van der Waals surface area contributed by atoms with E-state index in [4.69, 9.17) is 5.73 Å². The van der Waals surface area contributed by atoms with E-state index in [1.165, 1.54) is 6.92 Å². The second-order valence-electron chi connectivity index (χ2n) is 5.51. The smallest absolute Gasteiger partial charge is 0.237 e. The summed E-state index contributed by atoms with van der Waals surface area (Å²) in [6.07, 6.45) is 0.774. The Morgan fingerprint density at radius 3 is 2.63 bits per heavy atom. The van der Waals surface area contributed by atoms with E-state index in [-0.39, 0.29) is 11.7 Å². The molecule has 0 saturated carbocycles. The van der Waals surface area contributed by atoms with Crippen LogP contribution in [-0.4, -0.2) is 24.8 Å². The fourth-order valence-corrected chi connectivity index (χ4v) is 2.52. The lowest BCUT2D eigenvalue weighted by molar-refractivity contribution is -0.122. The van der Waals surface area contributed by atoms with Crippen LogP contribution in [0, 0.1) is 0 Å². The number of amides is 1. The lowest BCUT2D eigenvalue weighted by atomic mass is 9.85. The highest BCUT2D eigenvalue weighted by Gasteiger charge is 2.43. The van der Waals surface area contributed by atoms with Crippen molar-refractivity contribution in [3.05, 3.63) is 29.3 Å². The van der Waals surface area contributed by atoms with Gasteiger partial charge in [-0.2, -0.15) is 0 Å². The molecule has 1 aromatic carbocycles. The number of rotatable bonds is 4. The number of nitrogens with two attached hydrogens (primary N) is 1. The number of anilines is 1. The summed E-state index contributed by atoms with van der Waals surface area (Å²) in [6, 6.07) is 5.50. The Morgan fingerprint density at radius 1 is 1.37 bits per heavy atom. The van der Waals surface area contributed by atoms with Crippen LogP contribution in [0.4, 0.5) is 5.69 Å². The topological polar surface area (TPSA) is 63.4 Å². The second kappa shape index (κ2) is 4.78. The van der Waals surface area contributed by atoms with E-state index in [0.717, 1.165) is 17.7 Å². The SMILES string of the molecule is CC(=O)c1ccc2c(c1)C(C)(C)C(=O)N2CCCN. The summed E-state index contributed by atoms with van der Waals surface area (Å²) in [5.74, 6) is 0.100. The van der Waals surface area contributed by atoms with Gasteiger partial charge in [0.2, 0.25) is 5.91 Å².